The molecular weight excluding hydrogens is 628 g/mol. The van der Waals surface area contributed by atoms with Crippen LogP contribution in [-0.4, -0.2) is 111 Å². The van der Waals surface area contributed by atoms with Crippen LogP contribution in [-0.2, 0) is 51.1 Å². The SMILES string of the molecule is CC(=O)N[C@@H](CNC(=O)C(C)C)C(=O)NCCCCC(CO)COP(=O)(O)OCCOCCOCCOP(=O)(O)OC(C)C. The Balaban J connectivity index is 4.09. The number of phosphoric acid groups is 2. The number of ether oxygens (including phenoxy) is 2. The molecule has 0 aliphatic heterocycles. The number of rotatable bonds is 27. The molecule has 0 bridgehead atoms. The lowest BCUT2D eigenvalue weighted by Crippen LogP contribution is -2.52. The summed E-state index contributed by atoms with van der Waals surface area (Å²) in [6, 6.07) is -0.919. The molecule has 260 valence electrons. The number of hydrogen-bond acceptors (Lipinski definition) is 12. The molecule has 6 N–H and O–H groups in total. The third kappa shape index (κ3) is 23.8. The summed E-state index contributed by atoms with van der Waals surface area (Å²) in [5.41, 5.74) is 0. The third-order valence-electron chi connectivity index (χ3n) is 5.45. The minimum Gasteiger partial charge on any atom is -0.396 e. The van der Waals surface area contributed by atoms with E-state index in [4.69, 9.17) is 27.6 Å². The number of carbonyl (C=O) groups excluding carboxylic acids is 3. The van der Waals surface area contributed by atoms with E-state index < -0.39 is 45.5 Å². The molecule has 0 aliphatic carbocycles. The Hall–Kier alpha value is -1.49. The summed E-state index contributed by atoms with van der Waals surface area (Å²) in [5, 5.41) is 17.4. The average molecular weight is 680 g/mol. The van der Waals surface area contributed by atoms with Crippen molar-refractivity contribution in [3.8, 4) is 0 Å². The Morgan fingerprint density at radius 3 is 1.86 bits per heavy atom. The predicted octanol–water partition coefficient (Wildman–Crippen LogP) is 0.867. The van der Waals surface area contributed by atoms with Gasteiger partial charge in [-0.2, -0.15) is 0 Å². The molecule has 17 nitrogen and oxygen atoms in total. The summed E-state index contributed by atoms with van der Waals surface area (Å²) in [6.45, 7) is 7.52. The van der Waals surface area contributed by atoms with Crippen molar-refractivity contribution in [2.75, 3.05) is 65.9 Å². The van der Waals surface area contributed by atoms with E-state index in [2.05, 4.69) is 16.0 Å². The first kappa shape index (κ1) is 42.5. The Labute approximate surface area is 259 Å². The minimum atomic E-state index is -4.38. The van der Waals surface area contributed by atoms with Gasteiger partial charge < -0.3 is 40.3 Å². The van der Waals surface area contributed by atoms with Gasteiger partial charge in [-0.3, -0.25) is 32.5 Å². The fourth-order valence-electron chi connectivity index (χ4n) is 3.26. The molecule has 0 aromatic carbocycles. The maximum Gasteiger partial charge on any atom is 0.472 e. The van der Waals surface area contributed by atoms with Crippen molar-refractivity contribution in [1.29, 1.82) is 0 Å². The van der Waals surface area contributed by atoms with Gasteiger partial charge in [0, 0.05) is 38.5 Å². The molecule has 0 rings (SSSR count). The number of aliphatic hydroxyl groups excluding tert-OH is 1. The van der Waals surface area contributed by atoms with Crippen LogP contribution in [0.1, 0.15) is 53.9 Å². The van der Waals surface area contributed by atoms with E-state index in [1.807, 2.05) is 0 Å². The van der Waals surface area contributed by atoms with Gasteiger partial charge in [0.1, 0.15) is 6.04 Å². The average Bonchev–Trinajstić information content (AvgIpc) is 2.92. The molecule has 19 heteroatoms. The number of aliphatic hydroxyl groups is 1. The highest BCUT2D eigenvalue weighted by atomic mass is 31.2. The van der Waals surface area contributed by atoms with Gasteiger partial charge in [0.15, 0.2) is 0 Å². The molecule has 44 heavy (non-hydrogen) atoms. The molecule has 0 aliphatic rings. The highest BCUT2D eigenvalue weighted by molar-refractivity contribution is 7.47. The molecule has 4 atom stereocenters. The quantitative estimate of drug-likeness (QED) is 0.0522. The van der Waals surface area contributed by atoms with E-state index in [-0.39, 0.29) is 77.8 Å². The van der Waals surface area contributed by atoms with Crippen LogP contribution in [0.25, 0.3) is 0 Å². The van der Waals surface area contributed by atoms with Crippen LogP contribution < -0.4 is 16.0 Å². The summed E-state index contributed by atoms with van der Waals surface area (Å²) in [5.74, 6) is -1.80. The molecule has 0 heterocycles. The normalized spacial score (nSPS) is 15.8. The first-order chi connectivity index (χ1) is 20.6. The summed E-state index contributed by atoms with van der Waals surface area (Å²) in [7, 11) is -8.49. The predicted molar refractivity (Wildman–Crippen MR) is 158 cm³/mol. The fourth-order valence-corrected chi connectivity index (χ4v) is 4.94. The van der Waals surface area contributed by atoms with Crippen molar-refractivity contribution < 1.29 is 66.0 Å². The smallest absolute Gasteiger partial charge is 0.396 e. The molecule has 0 fully saturated rings. The summed E-state index contributed by atoms with van der Waals surface area (Å²) >= 11 is 0. The van der Waals surface area contributed by atoms with Crippen molar-refractivity contribution in [3.63, 3.8) is 0 Å². The van der Waals surface area contributed by atoms with Crippen LogP contribution in [0.4, 0.5) is 0 Å². The van der Waals surface area contributed by atoms with Crippen LogP contribution in [0.15, 0.2) is 0 Å². The van der Waals surface area contributed by atoms with Crippen molar-refractivity contribution in [2.24, 2.45) is 11.8 Å². The van der Waals surface area contributed by atoms with Crippen molar-refractivity contribution in [3.05, 3.63) is 0 Å². The van der Waals surface area contributed by atoms with Crippen LogP contribution in [0.3, 0.4) is 0 Å². The molecule has 3 unspecified atom stereocenters. The lowest BCUT2D eigenvalue weighted by Gasteiger charge is -2.19. The second-order valence-corrected chi connectivity index (χ2v) is 13.1. The molecular formula is C25H51N3O14P2. The minimum absolute atomic E-state index is 0.0239. The standard InChI is InChI=1S/C25H51N3O14P2/c1-19(2)24(31)27-16-23(28-21(5)30)25(32)26-9-7-6-8-22(17-29)18-41-43(33,34)39-14-12-37-10-11-38-13-15-40-44(35,36)42-20(3)4/h19-20,22-23,29H,6-18H2,1-5H3,(H,26,32)(H,27,31)(H,28,30)(H,33,34)(H,35,36)/t22?,23-/m0/s1. The van der Waals surface area contributed by atoms with Gasteiger partial charge in [-0.05, 0) is 26.7 Å². The van der Waals surface area contributed by atoms with E-state index in [1.165, 1.54) is 6.92 Å². The first-order valence-corrected chi connectivity index (χ1v) is 17.4. The molecule has 0 aromatic heterocycles. The number of amides is 3. The van der Waals surface area contributed by atoms with Crippen LogP contribution in [0.5, 0.6) is 0 Å². The van der Waals surface area contributed by atoms with E-state index in [1.54, 1.807) is 27.7 Å². The van der Waals surface area contributed by atoms with Crippen molar-refractivity contribution >= 4 is 33.4 Å². The topological polar surface area (TPSA) is 238 Å². The molecule has 0 saturated carbocycles. The van der Waals surface area contributed by atoms with E-state index in [9.17, 15) is 38.4 Å². The van der Waals surface area contributed by atoms with E-state index in [0.29, 0.717) is 19.3 Å². The lowest BCUT2D eigenvalue weighted by molar-refractivity contribution is -0.129. The van der Waals surface area contributed by atoms with Crippen LogP contribution >= 0.6 is 15.6 Å². The number of phosphoric ester groups is 2. The van der Waals surface area contributed by atoms with Gasteiger partial charge in [-0.15, -0.1) is 0 Å². The summed E-state index contributed by atoms with van der Waals surface area (Å²) in [4.78, 5) is 54.9. The van der Waals surface area contributed by atoms with Crippen LogP contribution in [0, 0.1) is 11.8 Å². The second-order valence-electron chi connectivity index (χ2n) is 10.3. The highest BCUT2D eigenvalue weighted by Gasteiger charge is 2.24. The van der Waals surface area contributed by atoms with Gasteiger partial charge in [0.2, 0.25) is 17.7 Å². The van der Waals surface area contributed by atoms with Gasteiger partial charge >= 0.3 is 15.6 Å². The lowest BCUT2D eigenvalue weighted by atomic mass is 10.0. The Morgan fingerprint density at radius 1 is 0.773 bits per heavy atom. The van der Waals surface area contributed by atoms with Gasteiger partial charge in [0.05, 0.1) is 52.4 Å². The molecule has 3 amide bonds. The van der Waals surface area contributed by atoms with Crippen molar-refractivity contribution in [2.45, 2.75) is 66.0 Å². The third-order valence-corrected chi connectivity index (χ3v) is 7.63. The molecule has 0 radical (unpaired) electrons. The van der Waals surface area contributed by atoms with Gasteiger partial charge in [-0.1, -0.05) is 20.3 Å². The zero-order valence-corrected chi connectivity index (χ0v) is 28.0. The number of nitrogens with one attached hydrogen (secondary N) is 3. The molecule has 0 saturated heterocycles. The Kier molecular flexibility index (Phi) is 23.0. The summed E-state index contributed by atoms with van der Waals surface area (Å²) in [6.07, 6.45) is 1.07. The van der Waals surface area contributed by atoms with Crippen molar-refractivity contribution in [1.82, 2.24) is 16.0 Å². The van der Waals surface area contributed by atoms with Gasteiger partial charge in [-0.25, -0.2) is 9.13 Å². The molecule has 0 aromatic rings. The Morgan fingerprint density at radius 2 is 1.34 bits per heavy atom. The fraction of sp³-hybridized carbons (Fsp3) is 0.880. The zero-order valence-electron chi connectivity index (χ0n) is 26.2. The van der Waals surface area contributed by atoms with E-state index >= 15 is 0 Å². The first-order valence-electron chi connectivity index (χ1n) is 14.4. The second kappa shape index (κ2) is 23.8. The van der Waals surface area contributed by atoms with Crippen LogP contribution in [0.2, 0.25) is 0 Å². The maximum absolute atomic E-state index is 12.4. The monoisotopic (exact) mass is 679 g/mol. The number of hydrogen-bond donors (Lipinski definition) is 6. The molecule has 0 spiro atoms. The Bertz CT molecular complexity index is 925. The summed E-state index contributed by atoms with van der Waals surface area (Å²) < 4.78 is 53.3. The van der Waals surface area contributed by atoms with E-state index in [0.717, 1.165) is 0 Å². The maximum atomic E-state index is 12.4. The number of carbonyl (C=O) groups is 3. The van der Waals surface area contributed by atoms with Gasteiger partial charge in [0.25, 0.3) is 0 Å². The largest absolute Gasteiger partial charge is 0.472 e. The highest BCUT2D eigenvalue weighted by Crippen LogP contribution is 2.44. The number of unbranched alkanes of at least 4 members (excludes halogenated alkanes) is 1. The zero-order chi connectivity index (χ0) is 33.6.